The van der Waals surface area contributed by atoms with Crippen molar-refractivity contribution in [3.05, 3.63) is 35.1 Å². The molecule has 1 aromatic heterocycles. The monoisotopic (exact) mass is 306 g/mol. The lowest BCUT2D eigenvalue weighted by atomic mass is 10.3. The molecule has 0 unspecified atom stereocenters. The zero-order valence-electron chi connectivity index (χ0n) is 12.8. The lowest BCUT2D eigenvalue weighted by Gasteiger charge is -2.11. The minimum atomic E-state index is 0.125. The molecule has 0 bridgehead atoms. The summed E-state index contributed by atoms with van der Waals surface area (Å²) in [5.41, 5.74) is 3.00. The van der Waals surface area contributed by atoms with Crippen molar-refractivity contribution in [3.63, 3.8) is 0 Å². The topological polar surface area (TPSA) is 39.2 Å². The average Bonchev–Trinajstić information content (AvgIpc) is 2.71. The molecular weight excluding hydrogens is 284 g/mol. The van der Waals surface area contributed by atoms with Crippen LogP contribution in [0.3, 0.4) is 0 Å². The predicted octanol–water partition coefficient (Wildman–Crippen LogP) is 4.08. The maximum absolute atomic E-state index is 5.82. The highest BCUT2D eigenvalue weighted by molar-refractivity contribution is 7.71. The van der Waals surface area contributed by atoms with E-state index in [9.17, 15) is 0 Å². The molecule has 0 atom stereocenters. The number of benzene rings is 1. The summed E-state index contributed by atoms with van der Waals surface area (Å²) in [6.45, 7) is 11.7. The summed E-state index contributed by atoms with van der Waals surface area (Å²) < 4.78 is 14.1. The third-order valence-electron chi connectivity index (χ3n) is 2.94. The van der Waals surface area contributed by atoms with E-state index in [0.29, 0.717) is 24.5 Å². The van der Waals surface area contributed by atoms with Gasteiger partial charge in [0.1, 0.15) is 11.3 Å². The molecule has 0 spiro atoms. The number of aromatic amines is 1. The number of imidazole rings is 1. The van der Waals surface area contributed by atoms with Crippen molar-refractivity contribution in [2.75, 3.05) is 13.2 Å². The van der Waals surface area contributed by atoms with Gasteiger partial charge < -0.3 is 19.0 Å². The zero-order chi connectivity index (χ0) is 15.4. The Bertz CT molecular complexity index is 685. The van der Waals surface area contributed by atoms with E-state index in [-0.39, 0.29) is 6.10 Å². The largest absolute Gasteiger partial charge is 0.489 e. The van der Waals surface area contributed by atoms with Crippen molar-refractivity contribution in [2.24, 2.45) is 0 Å². The van der Waals surface area contributed by atoms with Crippen LogP contribution in [-0.2, 0) is 11.3 Å². The number of ether oxygens (including phenoxy) is 2. The summed E-state index contributed by atoms with van der Waals surface area (Å²) in [4.78, 5) is 3.23. The Labute approximate surface area is 130 Å². The highest BCUT2D eigenvalue weighted by atomic mass is 32.1. The fourth-order valence-electron chi connectivity index (χ4n) is 2.13. The maximum atomic E-state index is 5.82. The molecule has 114 valence electrons. The van der Waals surface area contributed by atoms with Crippen molar-refractivity contribution >= 4 is 23.3 Å². The van der Waals surface area contributed by atoms with Crippen molar-refractivity contribution in [2.45, 2.75) is 33.4 Å². The molecule has 0 radical (unpaired) electrons. The van der Waals surface area contributed by atoms with Crippen LogP contribution >= 0.6 is 12.2 Å². The highest BCUT2D eigenvalue weighted by Crippen LogP contribution is 2.25. The molecule has 0 saturated carbocycles. The van der Waals surface area contributed by atoms with Crippen LogP contribution < -0.4 is 4.74 Å². The zero-order valence-corrected chi connectivity index (χ0v) is 13.6. The van der Waals surface area contributed by atoms with E-state index >= 15 is 0 Å². The number of aromatic nitrogens is 2. The van der Waals surface area contributed by atoms with Gasteiger partial charge in [0.15, 0.2) is 4.77 Å². The van der Waals surface area contributed by atoms with Crippen LogP contribution in [-0.4, -0.2) is 28.9 Å². The first-order valence-electron chi connectivity index (χ1n) is 7.09. The molecule has 0 saturated heterocycles. The Balaban J connectivity index is 2.22. The molecule has 0 aliphatic carbocycles. The second kappa shape index (κ2) is 6.91. The second-order valence-corrected chi connectivity index (χ2v) is 5.80. The van der Waals surface area contributed by atoms with E-state index in [1.807, 2.05) is 43.5 Å². The Morgan fingerprint density at radius 3 is 2.86 bits per heavy atom. The maximum Gasteiger partial charge on any atom is 0.178 e. The predicted molar refractivity (Wildman–Crippen MR) is 88.5 cm³/mol. The smallest absolute Gasteiger partial charge is 0.178 e. The number of para-hydroxylation sites is 1. The average molecular weight is 306 g/mol. The molecule has 1 aromatic carbocycles. The van der Waals surface area contributed by atoms with E-state index in [2.05, 4.69) is 11.6 Å². The Kier molecular flexibility index (Phi) is 5.20. The first kappa shape index (κ1) is 15.8. The van der Waals surface area contributed by atoms with Gasteiger partial charge in [-0.05, 0) is 45.1 Å². The van der Waals surface area contributed by atoms with Gasteiger partial charge in [-0.15, -0.1) is 0 Å². The number of hydrogen-bond acceptors (Lipinski definition) is 3. The normalized spacial score (nSPS) is 11.2. The van der Waals surface area contributed by atoms with Gasteiger partial charge in [0.2, 0.25) is 0 Å². The van der Waals surface area contributed by atoms with Crippen LogP contribution in [0.15, 0.2) is 30.4 Å². The van der Waals surface area contributed by atoms with E-state index < -0.39 is 0 Å². The first-order valence-corrected chi connectivity index (χ1v) is 7.50. The molecule has 0 amide bonds. The van der Waals surface area contributed by atoms with Crippen LogP contribution in [0.4, 0.5) is 0 Å². The molecule has 0 aliphatic heterocycles. The lowest BCUT2D eigenvalue weighted by molar-refractivity contribution is 0.148. The van der Waals surface area contributed by atoms with Crippen molar-refractivity contribution in [1.29, 1.82) is 0 Å². The molecule has 21 heavy (non-hydrogen) atoms. The number of hydrogen-bond donors (Lipinski definition) is 1. The second-order valence-electron chi connectivity index (χ2n) is 5.41. The Morgan fingerprint density at radius 2 is 2.19 bits per heavy atom. The number of H-pyrrole nitrogens is 1. The van der Waals surface area contributed by atoms with Crippen molar-refractivity contribution in [1.82, 2.24) is 9.55 Å². The van der Waals surface area contributed by atoms with Crippen molar-refractivity contribution < 1.29 is 9.47 Å². The molecular formula is C16H22N2O2S. The quantitative estimate of drug-likeness (QED) is 0.476. The standard InChI is InChI=1S/C16H22N2O2S/c1-11(2)10-19-9-8-18-13-6-5-7-14(20-12(3)4)15(13)17-16(18)21/h5-7,12H,1,8-10H2,2-4H3,(H,17,21). The van der Waals surface area contributed by atoms with E-state index in [1.165, 1.54) is 0 Å². The summed E-state index contributed by atoms with van der Waals surface area (Å²) in [5.74, 6) is 0.829. The summed E-state index contributed by atoms with van der Waals surface area (Å²) in [6.07, 6.45) is 0.125. The molecule has 2 aromatic rings. The van der Waals surface area contributed by atoms with Gasteiger partial charge in [-0.2, -0.15) is 0 Å². The molecule has 4 nitrogen and oxygen atoms in total. The van der Waals surface area contributed by atoms with Gasteiger partial charge in [-0.25, -0.2) is 0 Å². The molecule has 5 heteroatoms. The minimum Gasteiger partial charge on any atom is -0.489 e. The summed E-state index contributed by atoms with van der Waals surface area (Å²) in [5, 5.41) is 0. The Morgan fingerprint density at radius 1 is 1.43 bits per heavy atom. The minimum absolute atomic E-state index is 0.125. The number of rotatable bonds is 7. The number of nitrogens with zero attached hydrogens (tertiary/aromatic N) is 1. The van der Waals surface area contributed by atoms with Crippen molar-refractivity contribution in [3.8, 4) is 5.75 Å². The van der Waals surface area contributed by atoms with Gasteiger partial charge >= 0.3 is 0 Å². The summed E-state index contributed by atoms with van der Waals surface area (Å²) in [7, 11) is 0. The van der Waals surface area contributed by atoms with E-state index in [4.69, 9.17) is 21.7 Å². The van der Waals surface area contributed by atoms with E-state index in [0.717, 1.165) is 22.4 Å². The summed E-state index contributed by atoms with van der Waals surface area (Å²) in [6, 6.07) is 5.97. The fraction of sp³-hybridized carbons (Fsp3) is 0.438. The molecule has 0 fully saturated rings. The number of nitrogens with one attached hydrogen (secondary N) is 1. The van der Waals surface area contributed by atoms with Gasteiger partial charge in [-0.3, -0.25) is 0 Å². The SMILES string of the molecule is C=C(C)COCCn1c(=S)[nH]c2c(OC(C)C)cccc21. The van der Waals surface area contributed by atoms with Gasteiger partial charge in [0.25, 0.3) is 0 Å². The molecule has 2 rings (SSSR count). The summed E-state index contributed by atoms with van der Waals surface area (Å²) >= 11 is 5.41. The number of fused-ring (bicyclic) bond motifs is 1. The molecule has 1 heterocycles. The van der Waals surface area contributed by atoms with Gasteiger partial charge in [-0.1, -0.05) is 18.2 Å². The van der Waals surface area contributed by atoms with Crippen LogP contribution in [0, 0.1) is 4.77 Å². The van der Waals surface area contributed by atoms with Crippen LogP contribution in [0.2, 0.25) is 0 Å². The van der Waals surface area contributed by atoms with Gasteiger partial charge in [0, 0.05) is 6.54 Å². The lowest BCUT2D eigenvalue weighted by Crippen LogP contribution is -2.07. The molecule has 1 N–H and O–H groups in total. The first-order chi connectivity index (χ1) is 9.99. The third-order valence-corrected chi connectivity index (χ3v) is 3.26. The van der Waals surface area contributed by atoms with Crippen LogP contribution in [0.25, 0.3) is 11.0 Å². The Hall–Kier alpha value is -1.59. The molecule has 0 aliphatic rings. The van der Waals surface area contributed by atoms with Crippen LogP contribution in [0.5, 0.6) is 5.75 Å². The highest BCUT2D eigenvalue weighted by Gasteiger charge is 2.10. The third kappa shape index (κ3) is 3.95. The fourth-order valence-corrected chi connectivity index (χ4v) is 2.42. The van der Waals surface area contributed by atoms with E-state index in [1.54, 1.807) is 0 Å². The van der Waals surface area contributed by atoms with Crippen LogP contribution in [0.1, 0.15) is 20.8 Å². The van der Waals surface area contributed by atoms with Gasteiger partial charge in [0.05, 0.1) is 24.8 Å².